The van der Waals surface area contributed by atoms with Crippen molar-refractivity contribution >= 4 is 10.0 Å². The average molecular weight is 289 g/mol. The molecule has 0 aliphatic carbocycles. The van der Waals surface area contributed by atoms with E-state index in [2.05, 4.69) is 4.72 Å². The minimum atomic E-state index is -3.48. The zero-order valence-electron chi connectivity index (χ0n) is 11.7. The SMILES string of the molecule is CCn1cc(S(=O)(=O)NCC(C)COC)cc1CN. The molecule has 6 nitrogen and oxygen atoms in total. The first-order valence-corrected chi connectivity index (χ1v) is 7.80. The van der Waals surface area contributed by atoms with Gasteiger partial charge in [-0.25, -0.2) is 13.1 Å². The molecule has 7 heteroatoms. The fourth-order valence-electron chi connectivity index (χ4n) is 1.82. The third-order valence-corrected chi connectivity index (χ3v) is 4.28. The molecule has 19 heavy (non-hydrogen) atoms. The highest BCUT2D eigenvalue weighted by Gasteiger charge is 2.18. The summed E-state index contributed by atoms with van der Waals surface area (Å²) >= 11 is 0. The molecule has 0 radical (unpaired) electrons. The fraction of sp³-hybridized carbons (Fsp3) is 0.667. The Labute approximate surface area is 115 Å². The maximum Gasteiger partial charge on any atom is 0.242 e. The van der Waals surface area contributed by atoms with Crippen LogP contribution in [-0.2, 0) is 27.8 Å². The smallest absolute Gasteiger partial charge is 0.242 e. The molecule has 1 rings (SSSR count). The number of rotatable bonds is 8. The first-order chi connectivity index (χ1) is 8.94. The lowest BCUT2D eigenvalue weighted by molar-refractivity contribution is 0.161. The zero-order valence-corrected chi connectivity index (χ0v) is 12.5. The summed E-state index contributed by atoms with van der Waals surface area (Å²) in [4.78, 5) is 0.263. The molecule has 1 aromatic rings. The average Bonchev–Trinajstić information content (AvgIpc) is 2.81. The van der Waals surface area contributed by atoms with E-state index in [1.807, 2.05) is 18.4 Å². The van der Waals surface area contributed by atoms with Crippen molar-refractivity contribution in [3.05, 3.63) is 18.0 Å². The number of sulfonamides is 1. The summed E-state index contributed by atoms with van der Waals surface area (Å²) in [5, 5.41) is 0. The summed E-state index contributed by atoms with van der Waals surface area (Å²) in [6.07, 6.45) is 1.62. The molecule has 0 aliphatic heterocycles. The Morgan fingerprint density at radius 1 is 1.53 bits per heavy atom. The Bertz CT molecular complexity index is 475. The van der Waals surface area contributed by atoms with Gasteiger partial charge in [-0.3, -0.25) is 0 Å². The van der Waals surface area contributed by atoms with Crippen molar-refractivity contribution in [3.8, 4) is 0 Å². The number of methoxy groups -OCH3 is 1. The minimum absolute atomic E-state index is 0.127. The van der Waals surface area contributed by atoms with Crippen LogP contribution in [0.25, 0.3) is 0 Å². The molecule has 0 saturated carbocycles. The Balaban J connectivity index is 2.79. The molecule has 0 aliphatic rings. The van der Waals surface area contributed by atoms with Crippen LogP contribution < -0.4 is 10.5 Å². The second kappa shape index (κ2) is 7.04. The van der Waals surface area contributed by atoms with E-state index in [1.165, 1.54) is 0 Å². The van der Waals surface area contributed by atoms with E-state index < -0.39 is 10.0 Å². The molecule has 1 heterocycles. The number of aryl methyl sites for hydroxylation is 1. The number of hydrogen-bond acceptors (Lipinski definition) is 4. The molecule has 1 unspecified atom stereocenters. The van der Waals surface area contributed by atoms with Crippen LogP contribution in [0.5, 0.6) is 0 Å². The predicted octanol–water partition coefficient (Wildman–Crippen LogP) is 0.528. The first-order valence-electron chi connectivity index (χ1n) is 6.32. The van der Waals surface area contributed by atoms with Gasteiger partial charge in [-0.2, -0.15) is 0 Å². The van der Waals surface area contributed by atoms with Crippen molar-refractivity contribution < 1.29 is 13.2 Å². The summed E-state index contributed by atoms with van der Waals surface area (Å²) in [5.41, 5.74) is 6.40. The molecule has 0 aromatic carbocycles. The predicted molar refractivity (Wildman–Crippen MR) is 74.2 cm³/mol. The van der Waals surface area contributed by atoms with Crippen molar-refractivity contribution in [2.45, 2.75) is 31.8 Å². The minimum Gasteiger partial charge on any atom is -0.384 e. The number of aromatic nitrogens is 1. The van der Waals surface area contributed by atoms with Crippen molar-refractivity contribution in [2.24, 2.45) is 11.7 Å². The van der Waals surface area contributed by atoms with Gasteiger partial charge in [0.05, 0.1) is 4.90 Å². The summed E-state index contributed by atoms with van der Waals surface area (Å²) in [6, 6.07) is 1.62. The van der Waals surface area contributed by atoms with E-state index in [-0.39, 0.29) is 10.8 Å². The summed E-state index contributed by atoms with van der Waals surface area (Å²) < 4.78 is 33.7. The Morgan fingerprint density at radius 3 is 2.68 bits per heavy atom. The lowest BCUT2D eigenvalue weighted by Crippen LogP contribution is -2.29. The van der Waals surface area contributed by atoms with E-state index in [4.69, 9.17) is 10.5 Å². The lowest BCUT2D eigenvalue weighted by Gasteiger charge is -2.11. The van der Waals surface area contributed by atoms with Gasteiger partial charge in [0.1, 0.15) is 0 Å². The molecule has 3 N–H and O–H groups in total. The molecule has 1 atom stereocenters. The number of nitrogens with zero attached hydrogens (tertiary/aromatic N) is 1. The normalized spacial score (nSPS) is 13.7. The maximum absolute atomic E-state index is 12.1. The second-order valence-electron chi connectivity index (χ2n) is 4.57. The standard InChI is InChI=1S/C12H23N3O3S/c1-4-15-8-12(5-11(15)6-13)19(16,17)14-7-10(2)9-18-3/h5,8,10,14H,4,6-7,9,13H2,1-3H3. The summed E-state index contributed by atoms with van der Waals surface area (Å²) in [5.74, 6) is 0.127. The Hall–Kier alpha value is -0.890. The van der Waals surface area contributed by atoms with E-state index in [0.29, 0.717) is 26.2 Å². The van der Waals surface area contributed by atoms with E-state index in [0.717, 1.165) is 5.69 Å². The van der Waals surface area contributed by atoms with Crippen LogP contribution in [0.4, 0.5) is 0 Å². The van der Waals surface area contributed by atoms with Crippen molar-refractivity contribution in [1.29, 1.82) is 0 Å². The van der Waals surface area contributed by atoms with Crippen LogP contribution >= 0.6 is 0 Å². The largest absolute Gasteiger partial charge is 0.384 e. The number of nitrogens with one attached hydrogen (secondary N) is 1. The third kappa shape index (κ3) is 4.31. The molecule has 110 valence electrons. The van der Waals surface area contributed by atoms with Crippen molar-refractivity contribution in [1.82, 2.24) is 9.29 Å². The lowest BCUT2D eigenvalue weighted by atomic mass is 10.2. The van der Waals surface area contributed by atoms with Crippen LogP contribution in [0.3, 0.4) is 0 Å². The Morgan fingerprint density at radius 2 is 2.21 bits per heavy atom. The van der Waals surface area contributed by atoms with Gasteiger partial charge in [0.25, 0.3) is 0 Å². The first kappa shape index (κ1) is 16.2. The van der Waals surface area contributed by atoms with Gasteiger partial charge in [-0.1, -0.05) is 6.92 Å². The number of hydrogen-bond donors (Lipinski definition) is 2. The number of ether oxygens (including phenoxy) is 1. The molecule has 0 fully saturated rings. The van der Waals surface area contributed by atoms with Crippen LogP contribution in [-0.4, -0.2) is 33.2 Å². The molecule has 0 amide bonds. The van der Waals surface area contributed by atoms with Gasteiger partial charge in [-0.15, -0.1) is 0 Å². The molecule has 1 aromatic heterocycles. The van der Waals surface area contributed by atoms with Crippen molar-refractivity contribution in [2.75, 3.05) is 20.3 Å². The molecular weight excluding hydrogens is 266 g/mol. The van der Waals surface area contributed by atoms with Gasteiger partial charge in [0, 0.05) is 45.2 Å². The van der Waals surface area contributed by atoms with Gasteiger partial charge in [0.15, 0.2) is 0 Å². The van der Waals surface area contributed by atoms with Gasteiger partial charge in [0.2, 0.25) is 10.0 Å². The summed E-state index contributed by atoms with van der Waals surface area (Å²) in [6.45, 7) is 5.77. The topological polar surface area (TPSA) is 86.3 Å². The molecular formula is C12H23N3O3S. The van der Waals surface area contributed by atoms with E-state index in [1.54, 1.807) is 19.4 Å². The Kier molecular flexibility index (Phi) is 5.99. The van der Waals surface area contributed by atoms with E-state index >= 15 is 0 Å². The van der Waals surface area contributed by atoms with Crippen LogP contribution in [0.1, 0.15) is 19.5 Å². The maximum atomic E-state index is 12.1. The van der Waals surface area contributed by atoms with Gasteiger partial charge < -0.3 is 15.0 Å². The van der Waals surface area contributed by atoms with Gasteiger partial charge in [-0.05, 0) is 18.9 Å². The molecule has 0 spiro atoms. The quantitative estimate of drug-likeness (QED) is 0.731. The van der Waals surface area contributed by atoms with Crippen molar-refractivity contribution in [3.63, 3.8) is 0 Å². The highest BCUT2D eigenvalue weighted by Crippen LogP contribution is 2.14. The van der Waals surface area contributed by atoms with E-state index in [9.17, 15) is 8.42 Å². The molecule has 0 bridgehead atoms. The second-order valence-corrected chi connectivity index (χ2v) is 6.34. The molecule has 0 saturated heterocycles. The highest BCUT2D eigenvalue weighted by molar-refractivity contribution is 7.89. The zero-order chi connectivity index (χ0) is 14.5. The van der Waals surface area contributed by atoms with Crippen LogP contribution in [0.2, 0.25) is 0 Å². The fourth-order valence-corrected chi connectivity index (χ4v) is 3.04. The highest BCUT2D eigenvalue weighted by atomic mass is 32.2. The van der Waals surface area contributed by atoms with Crippen LogP contribution in [0.15, 0.2) is 17.2 Å². The van der Waals surface area contributed by atoms with Gasteiger partial charge >= 0.3 is 0 Å². The summed E-state index contributed by atoms with van der Waals surface area (Å²) in [7, 11) is -1.88. The van der Waals surface area contributed by atoms with Crippen LogP contribution in [0, 0.1) is 5.92 Å². The number of nitrogens with two attached hydrogens (primary N) is 1. The third-order valence-electron chi connectivity index (χ3n) is 2.89. The monoisotopic (exact) mass is 289 g/mol.